The number of hydrogen-bond acceptors (Lipinski definition) is 5. The molecule has 2 aromatic heterocycles. The van der Waals surface area contributed by atoms with Gasteiger partial charge in [-0.05, 0) is 18.7 Å². The Morgan fingerprint density at radius 1 is 1.20 bits per heavy atom. The van der Waals surface area contributed by atoms with Gasteiger partial charge in [-0.1, -0.05) is 36.4 Å². The summed E-state index contributed by atoms with van der Waals surface area (Å²) >= 11 is 0. The highest BCUT2D eigenvalue weighted by atomic mass is 16.2. The van der Waals surface area contributed by atoms with Crippen molar-refractivity contribution in [2.45, 2.75) is 13.1 Å². The lowest BCUT2D eigenvalue weighted by molar-refractivity contribution is -0.122. The fourth-order valence-corrected chi connectivity index (χ4v) is 2.43. The topological polar surface area (TPSA) is 86.8 Å². The fourth-order valence-electron chi connectivity index (χ4n) is 2.43. The van der Waals surface area contributed by atoms with Crippen LogP contribution in [0.4, 0.5) is 0 Å². The molecule has 7 heteroatoms. The molecule has 0 saturated carbocycles. The molecule has 0 spiro atoms. The quantitative estimate of drug-likeness (QED) is 0.684. The second-order valence-electron chi connectivity index (χ2n) is 5.78. The summed E-state index contributed by atoms with van der Waals surface area (Å²) in [4.78, 5) is 22.5. The first-order chi connectivity index (χ1) is 12.2. The van der Waals surface area contributed by atoms with Gasteiger partial charge in [-0.25, -0.2) is 4.98 Å². The lowest BCUT2D eigenvalue weighted by Gasteiger charge is -2.15. The van der Waals surface area contributed by atoms with Gasteiger partial charge < -0.3 is 5.32 Å². The van der Waals surface area contributed by atoms with Crippen LogP contribution in [0.5, 0.6) is 0 Å². The predicted octanol–water partition coefficient (Wildman–Crippen LogP) is 1.61. The number of benzene rings is 1. The molecular weight excluding hydrogens is 316 g/mol. The third-order valence-corrected chi connectivity index (χ3v) is 3.61. The average molecular weight is 336 g/mol. The molecule has 25 heavy (non-hydrogen) atoms. The Morgan fingerprint density at radius 2 is 2.04 bits per heavy atom. The molecule has 2 heterocycles. The number of H-pyrrole nitrogens is 1. The van der Waals surface area contributed by atoms with Crippen LogP contribution in [0.1, 0.15) is 11.4 Å². The first-order valence-electron chi connectivity index (χ1n) is 8.01. The first-order valence-corrected chi connectivity index (χ1v) is 8.01. The number of carbonyl (C=O) groups excluding carboxylic acids is 1. The lowest BCUT2D eigenvalue weighted by atomic mass is 10.2. The van der Waals surface area contributed by atoms with Gasteiger partial charge in [-0.15, -0.1) is 0 Å². The molecule has 0 radical (unpaired) electrons. The Bertz CT molecular complexity index is 803. The number of nitrogens with one attached hydrogen (secondary N) is 2. The molecule has 0 bridgehead atoms. The number of likely N-dealkylation sites (N-methyl/N-ethyl adjacent to an activating group) is 1. The van der Waals surface area contributed by atoms with Crippen LogP contribution >= 0.6 is 0 Å². The Hall–Kier alpha value is -3.06. The van der Waals surface area contributed by atoms with Crippen LogP contribution in [-0.4, -0.2) is 44.6 Å². The van der Waals surface area contributed by atoms with Crippen LogP contribution in [0, 0.1) is 0 Å². The minimum atomic E-state index is -0.0657. The molecule has 128 valence electrons. The highest BCUT2D eigenvalue weighted by molar-refractivity contribution is 5.77. The van der Waals surface area contributed by atoms with Crippen LogP contribution in [-0.2, 0) is 17.9 Å². The normalized spacial score (nSPS) is 10.8. The number of hydrogen-bond donors (Lipinski definition) is 2. The average Bonchev–Trinajstić information content (AvgIpc) is 3.10. The molecule has 0 atom stereocenters. The second kappa shape index (κ2) is 8.16. The van der Waals surface area contributed by atoms with Crippen LogP contribution in [0.15, 0.2) is 54.9 Å². The van der Waals surface area contributed by atoms with Crippen LogP contribution < -0.4 is 5.32 Å². The van der Waals surface area contributed by atoms with E-state index in [-0.39, 0.29) is 5.91 Å². The van der Waals surface area contributed by atoms with E-state index in [0.29, 0.717) is 31.3 Å². The molecule has 0 aliphatic rings. The molecule has 7 nitrogen and oxygen atoms in total. The molecule has 0 aliphatic heterocycles. The van der Waals surface area contributed by atoms with E-state index in [9.17, 15) is 4.79 Å². The monoisotopic (exact) mass is 336 g/mol. The zero-order valence-corrected chi connectivity index (χ0v) is 14.0. The maximum Gasteiger partial charge on any atom is 0.234 e. The molecule has 3 aromatic rings. The molecular formula is C18H20N6O. The maximum absolute atomic E-state index is 12.1. The van der Waals surface area contributed by atoms with Gasteiger partial charge in [-0.3, -0.25) is 19.8 Å². The van der Waals surface area contributed by atoms with Gasteiger partial charge in [0.2, 0.25) is 5.91 Å². The van der Waals surface area contributed by atoms with Crippen LogP contribution in [0.2, 0.25) is 0 Å². The highest BCUT2D eigenvalue weighted by Crippen LogP contribution is 2.13. The summed E-state index contributed by atoms with van der Waals surface area (Å²) in [6.45, 7) is 1.29. The van der Waals surface area contributed by atoms with Crippen molar-refractivity contribution in [3.8, 4) is 11.4 Å². The Kier molecular flexibility index (Phi) is 5.48. The highest BCUT2D eigenvalue weighted by Gasteiger charge is 2.09. The van der Waals surface area contributed by atoms with Crippen LogP contribution in [0.25, 0.3) is 11.4 Å². The van der Waals surface area contributed by atoms with Crippen molar-refractivity contribution < 1.29 is 4.79 Å². The van der Waals surface area contributed by atoms with E-state index < -0.39 is 0 Å². The van der Waals surface area contributed by atoms with E-state index in [1.54, 1.807) is 12.4 Å². The van der Waals surface area contributed by atoms with Gasteiger partial charge >= 0.3 is 0 Å². The zero-order chi connectivity index (χ0) is 17.5. The number of amides is 1. The van der Waals surface area contributed by atoms with Gasteiger partial charge in [-0.2, -0.15) is 5.10 Å². The Morgan fingerprint density at radius 3 is 2.80 bits per heavy atom. The van der Waals surface area contributed by atoms with Crippen molar-refractivity contribution in [2.75, 3.05) is 13.6 Å². The SMILES string of the molecule is CN(CC(=O)NCc1nc(-c2ccccc2)n[nH]1)Cc1cccnc1. The van der Waals surface area contributed by atoms with Crippen LogP contribution in [0.3, 0.4) is 0 Å². The summed E-state index contributed by atoms with van der Waals surface area (Å²) in [5.74, 6) is 1.18. The van der Waals surface area contributed by atoms with E-state index in [1.165, 1.54) is 0 Å². The molecule has 0 saturated heterocycles. The first kappa shape index (κ1) is 16.8. The minimum absolute atomic E-state index is 0.0657. The summed E-state index contributed by atoms with van der Waals surface area (Å²) in [6, 6.07) is 13.6. The zero-order valence-electron chi connectivity index (χ0n) is 14.0. The Balaban J connectivity index is 1.47. The number of aromatic amines is 1. The van der Waals surface area contributed by atoms with Gasteiger partial charge in [0.25, 0.3) is 0 Å². The third kappa shape index (κ3) is 4.95. The second-order valence-corrected chi connectivity index (χ2v) is 5.78. The number of carbonyl (C=O) groups is 1. The minimum Gasteiger partial charge on any atom is -0.348 e. The van der Waals surface area contributed by atoms with Crippen molar-refractivity contribution >= 4 is 5.91 Å². The summed E-state index contributed by atoms with van der Waals surface area (Å²) in [6.07, 6.45) is 3.53. The summed E-state index contributed by atoms with van der Waals surface area (Å²) in [5.41, 5.74) is 2.01. The largest absolute Gasteiger partial charge is 0.348 e. The summed E-state index contributed by atoms with van der Waals surface area (Å²) < 4.78 is 0. The van der Waals surface area contributed by atoms with Crippen molar-refractivity contribution in [3.05, 3.63) is 66.2 Å². The van der Waals surface area contributed by atoms with Gasteiger partial charge in [0, 0.05) is 24.5 Å². The number of pyridine rings is 1. The fraction of sp³-hybridized carbons (Fsp3) is 0.222. The van der Waals surface area contributed by atoms with Crippen molar-refractivity contribution in [1.82, 2.24) is 30.4 Å². The van der Waals surface area contributed by atoms with Gasteiger partial charge in [0.15, 0.2) is 5.82 Å². The van der Waals surface area contributed by atoms with Crippen molar-refractivity contribution in [2.24, 2.45) is 0 Å². The van der Waals surface area contributed by atoms with E-state index in [2.05, 4.69) is 25.5 Å². The van der Waals surface area contributed by atoms with E-state index >= 15 is 0 Å². The molecule has 3 rings (SSSR count). The van der Waals surface area contributed by atoms with Crippen molar-refractivity contribution in [1.29, 1.82) is 0 Å². The van der Waals surface area contributed by atoms with E-state index in [1.807, 2.05) is 54.4 Å². The number of nitrogens with zero attached hydrogens (tertiary/aromatic N) is 4. The summed E-state index contributed by atoms with van der Waals surface area (Å²) in [5, 5.41) is 9.88. The predicted molar refractivity (Wildman–Crippen MR) is 94.2 cm³/mol. The number of rotatable bonds is 7. The van der Waals surface area contributed by atoms with Gasteiger partial charge in [0.05, 0.1) is 13.1 Å². The maximum atomic E-state index is 12.1. The Labute approximate surface area is 146 Å². The molecule has 1 amide bonds. The smallest absolute Gasteiger partial charge is 0.234 e. The summed E-state index contributed by atoms with van der Waals surface area (Å²) in [7, 11) is 1.90. The van der Waals surface area contributed by atoms with Gasteiger partial charge in [0.1, 0.15) is 5.82 Å². The van der Waals surface area contributed by atoms with Crippen molar-refractivity contribution in [3.63, 3.8) is 0 Å². The van der Waals surface area contributed by atoms with E-state index in [0.717, 1.165) is 11.1 Å². The lowest BCUT2D eigenvalue weighted by Crippen LogP contribution is -2.34. The number of aromatic nitrogens is 4. The molecule has 0 aliphatic carbocycles. The van der Waals surface area contributed by atoms with E-state index in [4.69, 9.17) is 0 Å². The molecule has 1 aromatic carbocycles. The molecule has 0 unspecified atom stereocenters. The molecule has 2 N–H and O–H groups in total. The third-order valence-electron chi connectivity index (χ3n) is 3.61. The standard InChI is InChI=1S/C18H20N6O/c1-24(12-14-6-5-9-19-10-14)13-17(25)20-11-16-21-18(23-22-16)15-7-3-2-4-8-15/h2-10H,11-13H2,1H3,(H,20,25)(H,21,22,23). The molecule has 0 fully saturated rings.